The second-order valence-electron chi connectivity index (χ2n) is 4.38. The molecule has 7 heteroatoms. The van der Waals surface area contributed by atoms with Gasteiger partial charge in [0.1, 0.15) is 5.82 Å². The van der Waals surface area contributed by atoms with Crippen LogP contribution in [0.1, 0.15) is 13.0 Å². The fourth-order valence-corrected chi connectivity index (χ4v) is 2.85. The minimum absolute atomic E-state index is 0.0666. The number of carboxylic acid groups (broad SMARTS) is 1. The number of benzene rings is 1. The van der Waals surface area contributed by atoms with Crippen molar-refractivity contribution in [2.75, 3.05) is 19.5 Å². The summed E-state index contributed by atoms with van der Waals surface area (Å²) in [5, 5.41) is 9.34. The van der Waals surface area contributed by atoms with Crippen LogP contribution in [0.3, 0.4) is 0 Å². The molecule has 0 aliphatic carbocycles. The first-order valence-corrected chi connectivity index (χ1v) is 7.02. The highest BCUT2D eigenvalue weighted by atomic mass is 32.2. The van der Waals surface area contributed by atoms with Crippen molar-refractivity contribution < 1.29 is 19.0 Å². The van der Waals surface area contributed by atoms with Gasteiger partial charge >= 0.3 is 5.97 Å². The maximum Gasteiger partial charge on any atom is 0.313 e. The summed E-state index contributed by atoms with van der Waals surface area (Å²) in [5.74, 6) is -1.36. The van der Waals surface area contributed by atoms with Gasteiger partial charge in [-0.2, -0.15) is 0 Å². The molecule has 1 aromatic carbocycles. The smallest absolute Gasteiger partial charge is 0.313 e. The zero-order chi connectivity index (χ0) is 14.7. The fraction of sp³-hybridized carbons (Fsp3) is 0.385. The lowest BCUT2D eigenvalue weighted by atomic mass is 10.3. The minimum Gasteiger partial charge on any atom is -0.481 e. The quantitative estimate of drug-likeness (QED) is 0.830. The van der Waals surface area contributed by atoms with E-state index in [9.17, 15) is 9.18 Å². The summed E-state index contributed by atoms with van der Waals surface area (Å²) in [5.41, 5.74) is 1.28. The molecule has 2 rings (SSSR count). The van der Waals surface area contributed by atoms with Crippen molar-refractivity contribution in [3.63, 3.8) is 0 Å². The number of aliphatic carboxylic acids is 1. The number of imidazole rings is 1. The second kappa shape index (κ2) is 6.23. The summed E-state index contributed by atoms with van der Waals surface area (Å²) in [6.45, 7) is 2.35. The molecule has 0 saturated carbocycles. The first-order chi connectivity index (χ1) is 9.52. The van der Waals surface area contributed by atoms with Gasteiger partial charge in [-0.15, -0.1) is 0 Å². The monoisotopic (exact) mass is 298 g/mol. The molecule has 1 N–H and O–H groups in total. The lowest BCUT2D eigenvalue weighted by Gasteiger charge is -2.16. The van der Waals surface area contributed by atoms with Crippen molar-refractivity contribution >= 4 is 28.8 Å². The third kappa shape index (κ3) is 3.10. The summed E-state index contributed by atoms with van der Waals surface area (Å²) in [7, 11) is 1.58. The van der Waals surface area contributed by atoms with Gasteiger partial charge in [-0.3, -0.25) is 4.79 Å². The summed E-state index contributed by atoms with van der Waals surface area (Å²) < 4.78 is 20.4. The Hall–Kier alpha value is -1.60. The van der Waals surface area contributed by atoms with Crippen LogP contribution in [0, 0.1) is 5.82 Å². The number of aromatic nitrogens is 2. The number of halogens is 1. The number of methoxy groups -OCH3 is 1. The van der Waals surface area contributed by atoms with E-state index >= 15 is 0 Å². The molecule has 1 atom stereocenters. The normalized spacial score (nSPS) is 12.8. The van der Waals surface area contributed by atoms with Crippen LogP contribution in [-0.4, -0.2) is 40.1 Å². The maximum atomic E-state index is 13.4. The summed E-state index contributed by atoms with van der Waals surface area (Å²) in [4.78, 5) is 15.1. The van der Waals surface area contributed by atoms with Crippen LogP contribution in [-0.2, 0) is 9.53 Å². The van der Waals surface area contributed by atoms with Gasteiger partial charge < -0.3 is 14.4 Å². The average molecular weight is 298 g/mol. The van der Waals surface area contributed by atoms with Crippen LogP contribution in [0.2, 0.25) is 0 Å². The molecule has 0 saturated heterocycles. The van der Waals surface area contributed by atoms with Crippen LogP contribution < -0.4 is 0 Å². The Morgan fingerprint density at radius 1 is 1.60 bits per heavy atom. The van der Waals surface area contributed by atoms with E-state index in [1.807, 2.05) is 11.5 Å². The number of hydrogen-bond acceptors (Lipinski definition) is 4. The van der Waals surface area contributed by atoms with Gasteiger partial charge in [0.2, 0.25) is 0 Å². The Bertz CT molecular complexity index is 629. The van der Waals surface area contributed by atoms with Crippen molar-refractivity contribution in [3.05, 3.63) is 24.0 Å². The van der Waals surface area contributed by atoms with Gasteiger partial charge in [-0.05, 0) is 25.1 Å². The lowest BCUT2D eigenvalue weighted by Crippen LogP contribution is -2.13. The number of carbonyl (C=O) groups is 1. The number of ether oxygens (including phenoxy) is 1. The van der Waals surface area contributed by atoms with Crippen LogP contribution in [0.25, 0.3) is 11.0 Å². The molecule has 0 amide bonds. The van der Waals surface area contributed by atoms with Crippen molar-refractivity contribution in [1.82, 2.24) is 9.55 Å². The van der Waals surface area contributed by atoms with E-state index in [-0.39, 0.29) is 17.6 Å². The fourth-order valence-electron chi connectivity index (χ4n) is 2.01. The van der Waals surface area contributed by atoms with E-state index < -0.39 is 5.97 Å². The van der Waals surface area contributed by atoms with Crippen molar-refractivity contribution in [2.24, 2.45) is 0 Å². The molecule has 5 nitrogen and oxygen atoms in total. The largest absolute Gasteiger partial charge is 0.481 e. The van der Waals surface area contributed by atoms with Crippen LogP contribution >= 0.6 is 11.8 Å². The van der Waals surface area contributed by atoms with E-state index in [4.69, 9.17) is 9.84 Å². The molecule has 0 aliphatic heterocycles. The lowest BCUT2D eigenvalue weighted by molar-refractivity contribution is -0.133. The third-order valence-corrected chi connectivity index (χ3v) is 3.73. The van der Waals surface area contributed by atoms with Crippen molar-refractivity contribution in [1.29, 1.82) is 0 Å². The van der Waals surface area contributed by atoms with E-state index in [2.05, 4.69) is 4.98 Å². The molecule has 108 valence electrons. The molecule has 1 unspecified atom stereocenters. The Labute approximate surface area is 119 Å². The molecule has 0 spiro atoms. The Morgan fingerprint density at radius 2 is 2.35 bits per heavy atom. The zero-order valence-electron chi connectivity index (χ0n) is 11.2. The molecular weight excluding hydrogens is 283 g/mol. The number of fused-ring (bicyclic) bond motifs is 1. The first kappa shape index (κ1) is 14.8. The van der Waals surface area contributed by atoms with E-state index in [1.54, 1.807) is 13.2 Å². The van der Waals surface area contributed by atoms with E-state index in [0.29, 0.717) is 22.8 Å². The van der Waals surface area contributed by atoms with Gasteiger partial charge in [0.05, 0.1) is 29.4 Å². The number of carboxylic acids is 1. The van der Waals surface area contributed by atoms with E-state index in [1.165, 1.54) is 12.1 Å². The highest BCUT2D eigenvalue weighted by Crippen LogP contribution is 2.28. The molecule has 1 aromatic heterocycles. The van der Waals surface area contributed by atoms with Crippen LogP contribution in [0.15, 0.2) is 23.4 Å². The van der Waals surface area contributed by atoms with E-state index in [0.717, 1.165) is 11.8 Å². The Balaban J connectivity index is 2.48. The predicted octanol–water partition coefficient (Wildman–Crippen LogP) is 2.56. The Kier molecular flexibility index (Phi) is 4.61. The summed E-state index contributed by atoms with van der Waals surface area (Å²) >= 11 is 1.12. The Morgan fingerprint density at radius 3 is 3.00 bits per heavy atom. The summed E-state index contributed by atoms with van der Waals surface area (Å²) in [6.07, 6.45) is 0. The van der Waals surface area contributed by atoms with Gasteiger partial charge in [0.25, 0.3) is 0 Å². The van der Waals surface area contributed by atoms with Crippen LogP contribution in [0.4, 0.5) is 4.39 Å². The van der Waals surface area contributed by atoms with Gasteiger partial charge in [-0.1, -0.05) is 11.8 Å². The number of thioether (sulfide) groups is 1. The molecule has 1 heterocycles. The molecular formula is C13H15FN2O3S. The zero-order valence-corrected chi connectivity index (χ0v) is 12.0. The SMILES string of the molecule is COCC(C)n1c(SCC(=O)O)nc2ccc(F)cc21. The molecule has 20 heavy (non-hydrogen) atoms. The average Bonchev–Trinajstić information content (AvgIpc) is 2.74. The molecule has 0 fully saturated rings. The third-order valence-electron chi connectivity index (χ3n) is 2.79. The maximum absolute atomic E-state index is 13.4. The highest BCUT2D eigenvalue weighted by molar-refractivity contribution is 7.99. The molecule has 0 aliphatic rings. The molecule has 0 bridgehead atoms. The standard InChI is InChI=1S/C13H15FN2O3S/c1-8(6-19-2)16-11-5-9(14)3-4-10(11)15-13(16)20-7-12(17)18/h3-5,8H,6-7H2,1-2H3,(H,17,18). The number of nitrogens with zero attached hydrogens (tertiary/aromatic N) is 2. The molecule has 2 aromatic rings. The van der Waals surface area contributed by atoms with Gasteiger partial charge in [-0.25, -0.2) is 9.37 Å². The predicted molar refractivity (Wildman–Crippen MR) is 74.6 cm³/mol. The van der Waals surface area contributed by atoms with Crippen molar-refractivity contribution in [2.45, 2.75) is 18.1 Å². The van der Waals surface area contributed by atoms with Gasteiger partial charge in [0, 0.05) is 7.11 Å². The topological polar surface area (TPSA) is 64.3 Å². The number of hydrogen-bond donors (Lipinski definition) is 1. The first-order valence-electron chi connectivity index (χ1n) is 6.04. The van der Waals surface area contributed by atoms with Gasteiger partial charge in [0.15, 0.2) is 5.16 Å². The highest BCUT2D eigenvalue weighted by Gasteiger charge is 2.17. The number of rotatable bonds is 6. The molecule has 0 radical (unpaired) electrons. The van der Waals surface area contributed by atoms with Crippen LogP contribution in [0.5, 0.6) is 0 Å². The second-order valence-corrected chi connectivity index (χ2v) is 5.33. The summed E-state index contributed by atoms with van der Waals surface area (Å²) in [6, 6.07) is 4.26. The minimum atomic E-state index is -0.917. The van der Waals surface area contributed by atoms with Crippen molar-refractivity contribution in [3.8, 4) is 0 Å².